The molecule has 1 aliphatic heterocycles. The number of hydrogen-bond acceptors (Lipinski definition) is 3. The van der Waals surface area contributed by atoms with E-state index in [1.165, 1.54) is 0 Å². The lowest BCUT2D eigenvalue weighted by molar-refractivity contribution is 0.0775. The molecule has 5 nitrogen and oxygen atoms in total. The number of aromatic amines is 2. The molecule has 1 fully saturated rings. The van der Waals surface area contributed by atoms with Gasteiger partial charge in [0.25, 0.3) is 0 Å². The van der Waals surface area contributed by atoms with Crippen molar-refractivity contribution in [3.63, 3.8) is 0 Å². The summed E-state index contributed by atoms with van der Waals surface area (Å²) in [5.74, 6) is 0.0610. The van der Waals surface area contributed by atoms with Crippen LogP contribution in [0.5, 0.6) is 0 Å². The van der Waals surface area contributed by atoms with Crippen molar-refractivity contribution in [2.45, 2.75) is 25.4 Å². The summed E-state index contributed by atoms with van der Waals surface area (Å²) in [7, 11) is 0. The topological polar surface area (TPSA) is 75.0 Å². The molecule has 2 N–H and O–H groups in total. The van der Waals surface area contributed by atoms with E-state index in [-0.39, 0.29) is 17.6 Å². The Bertz CT molecular complexity index is 635. The Balaban J connectivity index is 1.84. The van der Waals surface area contributed by atoms with Gasteiger partial charge in [-0.15, -0.1) is 0 Å². The van der Waals surface area contributed by atoms with Crippen LogP contribution in [0.1, 0.15) is 29.6 Å². The molecular formula is C13H14N2O3. The van der Waals surface area contributed by atoms with Crippen molar-refractivity contribution in [3.8, 4) is 0 Å². The number of hydrogen-bond donors (Lipinski definition) is 2. The average molecular weight is 246 g/mol. The Kier molecular flexibility index (Phi) is 2.76. The van der Waals surface area contributed by atoms with Crippen LogP contribution in [0, 0.1) is 0 Å². The molecule has 1 aromatic carbocycles. The van der Waals surface area contributed by atoms with Gasteiger partial charge in [-0.1, -0.05) is 0 Å². The van der Waals surface area contributed by atoms with Crippen LogP contribution in [-0.4, -0.2) is 28.5 Å². The number of aromatic nitrogens is 2. The first-order chi connectivity index (χ1) is 8.72. The Morgan fingerprint density at radius 2 is 2.17 bits per heavy atom. The zero-order chi connectivity index (χ0) is 12.5. The second-order valence-corrected chi connectivity index (χ2v) is 4.60. The monoisotopic (exact) mass is 246 g/mol. The quantitative estimate of drug-likeness (QED) is 0.808. The van der Waals surface area contributed by atoms with Crippen LogP contribution in [0.4, 0.5) is 0 Å². The van der Waals surface area contributed by atoms with Crippen LogP contribution in [0.2, 0.25) is 0 Å². The number of ether oxygens (including phenoxy) is 1. The summed E-state index contributed by atoms with van der Waals surface area (Å²) in [5, 5.41) is 0. The fourth-order valence-corrected chi connectivity index (χ4v) is 2.34. The summed E-state index contributed by atoms with van der Waals surface area (Å²) >= 11 is 0. The second-order valence-electron chi connectivity index (χ2n) is 4.60. The maximum absolute atomic E-state index is 12.1. The predicted molar refractivity (Wildman–Crippen MR) is 66.8 cm³/mol. The van der Waals surface area contributed by atoms with Gasteiger partial charge in [0.2, 0.25) is 0 Å². The normalized spacial score (nSPS) is 19.4. The van der Waals surface area contributed by atoms with Crippen molar-refractivity contribution in [2.75, 3.05) is 6.61 Å². The average Bonchev–Trinajstić information content (AvgIpc) is 2.95. The number of benzene rings is 1. The van der Waals surface area contributed by atoms with Crippen molar-refractivity contribution in [1.82, 2.24) is 9.97 Å². The highest BCUT2D eigenvalue weighted by Gasteiger charge is 2.20. The van der Waals surface area contributed by atoms with Gasteiger partial charge in [-0.3, -0.25) is 4.79 Å². The molecule has 0 bridgehead atoms. The molecule has 18 heavy (non-hydrogen) atoms. The Labute approximate surface area is 103 Å². The first kappa shape index (κ1) is 11.2. The first-order valence-electron chi connectivity index (χ1n) is 6.09. The van der Waals surface area contributed by atoms with Gasteiger partial charge in [0.1, 0.15) is 0 Å². The molecule has 1 aromatic heterocycles. The van der Waals surface area contributed by atoms with Crippen LogP contribution >= 0.6 is 0 Å². The first-order valence-corrected chi connectivity index (χ1v) is 6.09. The van der Waals surface area contributed by atoms with E-state index < -0.39 is 0 Å². The third kappa shape index (κ3) is 2.09. The zero-order valence-electron chi connectivity index (χ0n) is 9.86. The number of carbonyl (C=O) groups is 1. The number of carbonyl (C=O) groups excluding carboxylic acids is 1. The Hall–Kier alpha value is -1.88. The molecule has 2 heterocycles. The molecule has 2 aromatic rings. The number of ketones is 1. The number of rotatable bonds is 3. The lowest BCUT2D eigenvalue weighted by Crippen LogP contribution is -2.12. The van der Waals surface area contributed by atoms with Crippen LogP contribution in [-0.2, 0) is 4.74 Å². The van der Waals surface area contributed by atoms with E-state index >= 15 is 0 Å². The summed E-state index contributed by atoms with van der Waals surface area (Å²) in [6, 6.07) is 5.20. The van der Waals surface area contributed by atoms with E-state index in [0.717, 1.165) is 19.4 Å². The van der Waals surface area contributed by atoms with Gasteiger partial charge in [0.15, 0.2) is 5.78 Å². The van der Waals surface area contributed by atoms with Gasteiger partial charge < -0.3 is 14.7 Å². The van der Waals surface area contributed by atoms with E-state index in [0.29, 0.717) is 23.0 Å². The fourth-order valence-electron chi connectivity index (χ4n) is 2.34. The van der Waals surface area contributed by atoms with Crippen LogP contribution in [0.3, 0.4) is 0 Å². The number of H-pyrrole nitrogens is 2. The van der Waals surface area contributed by atoms with Crippen molar-refractivity contribution in [3.05, 3.63) is 34.2 Å². The second kappa shape index (κ2) is 4.42. The third-order valence-corrected chi connectivity index (χ3v) is 3.28. The summed E-state index contributed by atoms with van der Waals surface area (Å²) in [6.45, 7) is 0.752. The Morgan fingerprint density at radius 1 is 1.33 bits per heavy atom. The maximum atomic E-state index is 12.1. The van der Waals surface area contributed by atoms with Gasteiger partial charge in [-0.05, 0) is 31.0 Å². The van der Waals surface area contributed by atoms with Crippen LogP contribution < -0.4 is 5.69 Å². The van der Waals surface area contributed by atoms with Gasteiger partial charge >= 0.3 is 5.69 Å². The summed E-state index contributed by atoms with van der Waals surface area (Å²) in [6.07, 6.45) is 2.45. The molecule has 0 saturated carbocycles. The molecule has 5 heteroatoms. The molecule has 1 unspecified atom stereocenters. The molecule has 0 radical (unpaired) electrons. The third-order valence-electron chi connectivity index (χ3n) is 3.28. The number of imidazole rings is 1. The standard InChI is InChI=1S/C13H14N2O3/c16-12(7-9-2-1-5-18-9)8-3-4-10-11(6-8)15-13(17)14-10/h3-4,6,9H,1-2,5,7H2,(H2,14,15,17). The predicted octanol–water partition coefficient (Wildman–Crippen LogP) is 1.61. The van der Waals surface area contributed by atoms with Gasteiger partial charge in [-0.2, -0.15) is 0 Å². The SMILES string of the molecule is O=C(CC1CCCO1)c1ccc2[nH]c(=O)[nH]c2c1. The minimum absolute atomic E-state index is 0.0541. The van der Waals surface area contributed by atoms with E-state index in [1.807, 2.05) is 0 Å². The van der Waals surface area contributed by atoms with Gasteiger partial charge in [-0.25, -0.2) is 4.79 Å². The summed E-state index contributed by atoms with van der Waals surface area (Å²) in [4.78, 5) is 28.5. The van der Waals surface area contributed by atoms with E-state index in [9.17, 15) is 9.59 Å². The lowest BCUT2D eigenvalue weighted by atomic mass is 10.0. The van der Waals surface area contributed by atoms with E-state index in [1.54, 1.807) is 18.2 Å². The van der Waals surface area contributed by atoms with Crippen LogP contribution in [0.15, 0.2) is 23.0 Å². The molecule has 1 aliphatic rings. The highest BCUT2D eigenvalue weighted by atomic mass is 16.5. The Morgan fingerprint density at radius 3 is 2.94 bits per heavy atom. The van der Waals surface area contributed by atoms with Crippen molar-refractivity contribution in [2.24, 2.45) is 0 Å². The number of nitrogens with one attached hydrogen (secondary N) is 2. The molecular weight excluding hydrogens is 232 g/mol. The maximum Gasteiger partial charge on any atom is 0.323 e. The molecule has 3 rings (SSSR count). The van der Waals surface area contributed by atoms with Crippen molar-refractivity contribution >= 4 is 16.8 Å². The minimum atomic E-state index is -0.256. The van der Waals surface area contributed by atoms with Gasteiger partial charge in [0, 0.05) is 18.6 Å². The molecule has 1 saturated heterocycles. The highest BCUT2D eigenvalue weighted by molar-refractivity contribution is 5.99. The van der Waals surface area contributed by atoms with Crippen molar-refractivity contribution in [1.29, 1.82) is 0 Å². The lowest BCUT2D eigenvalue weighted by Gasteiger charge is -2.07. The largest absolute Gasteiger partial charge is 0.378 e. The number of Topliss-reactive ketones (excluding diaryl/α,β-unsaturated/α-hetero) is 1. The fraction of sp³-hybridized carbons (Fsp3) is 0.385. The zero-order valence-corrected chi connectivity index (χ0v) is 9.86. The van der Waals surface area contributed by atoms with Crippen molar-refractivity contribution < 1.29 is 9.53 Å². The number of fused-ring (bicyclic) bond motifs is 1. The van der Waals surface area contributed by atoms with Crippen LogP contribution in [0.25, 0.3) is 11.0 Å². The molecule has 0 aliphatic carbocycles. The minimum Gasteiger partial charge on any atom is -0.378 e. The molecule has 0 amide bonds. The highest BCUT2D eigenvalue weighted by Crippen LogP contribution is 2.19. The summed E-state index contributed by atoms with van der Waals surface area (Å²) < 4.78 is 5.45. The summed E-state index contributed by atoms with van der Waals surface area (Å²) in [5.41, 5.74) is 1.74. The molecule has 1 atom stereocenters. The van der Waals surface area contributed by atoms with E-state index in [2.05, 4.69) is 9.97 Å². The smallest absolute Gasteiger partial charge is 0.323 e. The van der Waals surface area contributed by atoms with E-state index in [4.69, 9.17) is 4.74 Å². The molecule has 0 spiro atoms. The van der Waals surface area contributed by atoms with Gasteiger partial charge in [0.05, 0.1) is 17.1 Å². The molecule has 94 valence electrons.